The fourth-order valence-electron chi connectivity index (χ4n) is 13.4. The highest BCUT2D eigenvalue weighted by Crippen LogP contribution is 2.31. The number of nitrogens with one attached hydrogen (secondary N) is 3. The minimum atomic E-state index is -0.609. The van der Waals surface area contributed by atoms with Crippen LogP contribution < -0.4 is 21.9 Å². The maximum Gasteiger partial charge on any atom is 0.272 e. The smallest absolute Gasteiger partial charge is 0.272 e. The van der Waals surface area contributed by atoms with E-state index in [0.717, 1.165) is 115 Å². The molecule has 6 heterocycles. The molecule has 1 saturated carbocycles. The van der Waals surface area contributed by atoms with Crippen LogP contribution >= 0.6 is 0 Å². The summed E-state index contributed by atoms with van der Waals surface area (Å²) in [6, 6.07) is 20.6. The largest absolute Gasteiger partial charge is 0.341 e. The van der Waals surface area contributed by atoms with Crippen LogP contribution in [0.1, 0.15) is 160 Å². The van der Waals surface area contributed by atoms with Gasteiger partial charge in [-0.2, -0.15) is 5.10 Å². The van der Waals surface area contributed by atoms with E-state index in [-0.39, 0.29) is 53.1 Å². The van der Waals surface area contributed by atoms with Crippen LogP contribution in [0.25, 0.3) is 10.8 Å². The van der Waals surface area contributed by atoms with Crippen molar-refractivity contribution in [3.8, 4) is 0 Å². The second-order valence-electron chi connectivity index (χ2n) is 25.8. The number of H-pyrrole nitrogens is 1. The van der Waals surface area contributed by atoms with E-state index in [1.807, 2.05) is 52.3 Å². The molecule has 0 spiro atoms. The van der Waals surface area contributed by atoms with Crippen molar-refractivity contribution < 1.29 is 28.4 Å². The molecule has 2 unspecified atom stereocenters. The van der Waals surface area contributed by atoms with Crippen LogP contribution in [0, 0.1) is 17.7 Å². The Balaban J connectivity index is 0.000000699. The molecule has 5 amide bonds. The van der Waals surface area contributed by atoms with Gasteiger partial charge >= 0.3 is 0 Å². The third-order valence-electron chi connectivity index (χ3n) is 19.0. The summed E-state index contributed by atoms with van der Waals surface area (Å²) < 4.78 is 15.1. The number of hydrogen-bond donors (Lipinski definition) is 4. The summed E-state index contributed by atoms with van der Waals surface area (Å²) >= 11 is 0. The first-order valence-electron chi connectivity index (χ1n) is 34.3. The zero-order valence-corrected chi connectivity index (χ0v) is 55.3. The standard InChI is InChI=1S/C59H73FN12O6.C7H18N2.C5H12/c60-51-16-15-42(33-52-48-13-4-5-14-49(48)57(76)66-65-52)32-50(51)58(77)71-30-28-69(29-31-71)54(74)39-68-26-24-67(25-27-68)37-41-18-22-70(23-19-41)59(78)55(43-8-2-1-3-9-43)64-56(75)45-11-6-10-44(34-45)46-12-7-21-72(38-46)53(73)36-62-35-47-17-20-61-40-63-47;1-3-4-6-9(2)7-5-8;1-3-5-4-2/h4-6,10-11,13-17,20,32,34,40-41,43,46,55,62H,1-3,7-9,12,18-19,21-31,33,35-39H2,(H,64,75)(H,66,76);3-8H2,1-2H3;3-5H2,1-2H3. The second kappa shape index (κ2) is 37.0. The first-order chi connectivity index (χ1) is 44.7. The van der Waals surface area contributed by atoms with Crippen LogP contribution in [-0.4, -0.2) is 215 Å². The Labute approximate surface area is 544 Å². The normalized spacial score (nSPS) is 18.2. The molecule has 5 aromatic rings. The van der Waals surface area contributed by atoms with Gasteiger partial charge in [0, 0.05) is 134 Å². The molecule has 5 aliphatic rings. The summed E-state index contributed by atoms with van der Waals surface area (Å²) in [7, 11) is 2.11. The molecule has 3 aromatic carbocycles. The summed E-state index contributed by atoms with van der Waals surface area (Å²) in [4.78, 5) is 104. The summed E-state index contributed by atoms with van der Waals surface area (Å²) in [5, 5.41) is 14.4. The van der Waals surface area contributed by atoms with Crippen molar-refractivity contribution in [3.05, 3.63) is 135 Å². The molecule has 2 atom stereocenters. The molecule has 20 nitrogen and oxygen atoms in total. The van der Waals surface area contributed by atoms with Crippen molar-refractivity contribution >= 4 is 40.3 Å². The minimum absolute atomic E-state index is 0.0252. The van der Waals surface area contributed by atoms with Crippen LogP contribution in [0.15, 0.2) is 90.1 Å². The molecule has 92 heavy (non-hydrogen) atoms. The number of piperazine rings is 2. The summed E-state index contributed by atoms with van der Waals surface area (Å²) in [5.41, 5.74) is 8.76. The number of carbonyl (C=O) groups is 5. The molecule has 4 saturated heterocycles. The number of unbranched alkanes of at least 4 members (excludes halogenated alkanes) is 3. The van der Waals surface area contributed by atoms with Crippen molar-refractivity contribution in [3.63, 3.8) is 0 Å². The molecule has 4 aliphatic heterocycles. The average molecular weight is 1270 g/mol. The fourth-order valence-corrected chi connectivity index (χ4v) is 13.4. The van der Waals surface area contributed by atoms with E-state index in [1.54, 1.807) is 40.3 Å². The third-order valence-corrected chi connectivity index (χ3v) is 19.0. The Kier molecular flexibility index (Phi) is 28.5. The van der Waals surface area contributed by atoms with Gasteiger partial charge in [-0.1, -0.05) is 102 Å². The number of amides is 5. The molecule has 1 aliphatic carbocycles. The van der Waals surface area contributed by atoms with Gasteiger partial charge in [-0.25, -0.2) is 19.5 Å². The number of halogens is 1. The lowest BCUT2D eigenvalue weighted by Crippen LogP contribution is -2.55. The number of carbonyl (C=O) groups excluding carboxylic acids is 5. The Bertz CT molecular complexity index is 3180. The van der Waals surface area contributed by atoms with Crippen molar-refractivity contribution in [2.45, 2.75) is 136 Å². The Morgan fingerprint density at radius 2 is 1.43 bits per heavy atom. The summed E-state index contributed by atoms with van der Waals surface area (Å²) in [5.74, 6) is -0.509. The molecule has 0 bridgehead atoms. The van der Waals surface area contributed by atoms with Crippen molar-refractivity contribution in [2.75, 3.05) is 125 Å². The van der Waals surface area contributed by atoms with E-state index in [9.17, 15) is 28.8 Å². The lowest BCUT2D eigenvalue weighted by molar-refractivity contribution is -0.137. The average Bonchev–Trinajstić information content (AvgIpc) is 0.974. The third kappa shape index (κ3) is 21.0. The Hall–Kier alpha value is -7.04. The molecule has 500 valence electrons. The predicted molar refractivity (Wildman–Crippen MR) is 359 cm³/mol. The number of fused-ring (bicyclic) bond motifs is 1. The van der Waals surface area contributed by atoms with E-state index in [4.69, 9.17) is 5.73 Å². The van der Waals surface area contributed by atoms with Gasteiger partial charge in [-0.15, -0.1) is 0 Å². The fraction of sp³-hybridized carbons (Fsp3) is 0.592. The lowest BCUT2D eigenvalue weighted by atomic mass is 9.82. The van der Waals surface area contributed by atoms with E-state index in [1.165, 1.54) is 51.0 Å². The molecule has 10 rings (SSSR count). The van der Waals surface area contributed by atoms with Gasteiger partial charge < -0.3 is 45.8 Å². The number of aromatic amines is 1. The van der Waals surface area contributed by atoms with Gasteiger partial charge in [0.2, 0.25) is 17.7 Å². The highest BCUT2D eigenvalue weighted by atomic mass is 19.1. The van der Waals surface area contributed by atoms with Crippen LogP contribution in [0.5, 0.6) is 0 Å². The van der Waals surface area contributed by atoms with E-state index >= 15 is 4.39 Å². The highest BCUT2D eigenvalue weighted by Gasteiger charge is 2.37. The number of nitrogens with two attached hydrogens (primary N) is 1. The van der Waals surface area contributed by atoms with Gasteiger partial charge in [0.25, 0.3) is 17.4 Å². The monoisotopic (exact) mass is 1270 g/mol. The Morgan fingerprint density at radius 3 is 2.13 bits per heavy atom. The lowest BCUT2D eigenvalue weighted by Gasteiger charge is -2.41. The van der Waals surface area contributed by atoms with Crippen LogP contribution in [0.3, 0.4) is 0 Å². The molecule has 5 fully saturated rings. The van der Waals surface area contributed by atoms with E-state index in [0.29, 0.717) is 105 Å². The highest BCUT2D eigenvalue weighted by molar-refractivity contribution is 5.98. The van der Waals surface area contributed by atoms with Crippen molar-refractivity contribution in [1.29, 1.82) is 0 Å². The van der Waals surface area contributed by atoms with Crippen LogP contribution in [0.2, 0.25) is 0 Å². The number of hydrogen-bond acceptors (Lipinski definition) is 14. The molecule has 21 heteroatoms. The van der Waals surface area contributed by atoms with Gasteiger partial charge in [0.05, 0.1) is 35.4 Å². The second-order valence-corrected chi connectivity index (χ2v) is 25.8. The quantitative estimate of drug-likeness (QED) is 0.0502. The number of rotatable bonds is 23. The predicted octanol–water partition coefficient (Wildman–Crippen LogP) is 7.33. The molecule has 2 aromatic heterocycles. The van der Waals surface area contributed by atoms with Gasteiger partial charge in [0.15, 0.2) is 0 Å². The van der Waals surface area contributed by atoms with Crippen LogP contribution in [-0.2, 0) is 27.3 Å². The first kappa shape index (κ1) is 70.8. The van der Waals surface area contributed by atoms with Gasteiger partial charge in [-0.3, -0.25) is 33.7 Å². The molecule has 5 N–H and O–H groups in total. The number of likely N-dealkylation sites (tertiary alicyclic amines) is 2. The maximum absolute atomic E-state index is 15.1. The van der Waals surface area contributed by atoms with E-state index in [2.05, 4.69) is 73.3 Å². The van der Waals surface area contributed by atoms with Crippen molar-refractivity contribution in [2.24, 2.45) is 17.6 Å². The molecular weight excluding hydrogens is 1160 g/mol. The number of nitrogens with zero attached hydrogens (tertiary/aromatic N) is 10. The SMILES string of the molecule is CCCCC.CCCCN(C)CCN.O=C(NC(C(=O)N1CCC(CN2CCN(CC(=O)N3CCN(C(=O)c4cc(Cc5n[nH]c(=O)c6ccccc56)ccc4F)CC3)CC2)CC1)C1CCCCC1)c1cccc(C2CCCN(C(=O)CNCc3ccncn3)C2)c1. The summed E-state index contributed by atoms with van der Waals surface area (Å²) in [6.07, 6.45) is 18.8. The topological polar surface area (TPSA) is 230 Å². The van der Waals surface area contributed by atoms with Gasteiger partial charge in [-0.05, 0) is 118 Å². The maximum atomic E-state index is 15.1. The van der Waals surface area contributed by atoms with E-state index < -0.39 is 17.8 Å². The van der Waals surface area contributed by atoms with Crippen LogP contribution in [0.4, 0.5) is 4.39 Å². The summed E-state index contributed by atoms with van der Waals surface area (Å²) in [6.45, 7) is 18.8. The zero-order chi connectivity index (χ0) is 65.2. The molecule has 0 radical (unpaired) electrons. The molecular formula is C71H103FN14O6. The first-order valence-corrected chi connectivity index (χ1v) is 34.3. The number of likely N-dealkylation sites (N-methyl/N-ethyl adjacent to an activating group) is 1. The van der Waals surface area contributed by atoms with Gasteiger partial charge in [0.1, 0.15) is 18.2 Å². The van der Waals surface area contributed by atoms with Crippen molar-refractivity contribution in [1.82, 2.24) is 65.1 Å². The number of piperidine rings is 2. The minimum Gasteiger partial charge on any atom is -0.341 e. The number of aromatic nitrogens is 4. The Morgan fingerprint density at radius 1 is 0.717 bits per heavy atom. The zero-order valence-electron chi connectivity index (χ0n) is 55.3. The number of benzene rings is 3.